The van der Waals surface area contributed by atoms with E-state index in [0.717, 1.165) is 6.54 Å². The smallest absolute Gasteiger partial charge is 0.341 e. The molecule has 0 saturated carbocycles. The van der Waals surface area contributed by atoms with Crippen LogP contribution in [0.5, 0.6) is 0 Å². The molecule has 0 aliphatic heterocycles. The van der Waals surface area contributed by atoms with Crippen LogP contribution >= 0.6 is 0 Å². The predicted octanol–water partition coefficient (Wildman–Crippen LogP) is 1.57. The normalized spacial score (nSPS) is 10.2. The zero-order chi connectivity index (χ0) is 13.5. The number of carbonyl (C=O) groups is 1. The van der Waals surface area contributed by atoms with E-state index >= 15 is 0 Å². The fourth-order valence-corrected chi connectivity index (χ4v) is 1.64. The lowest BCUT2D eigenvalue weighted by atomic mass is 10.2. The molecule has 0 aliphatic rings. The highest BCUT2D eigenvalue weighted by Gasteiger charge is 2.12. The summed E-state index contributed by atoms with van der Waals surface area (Å²) in [6, 6.07) is 3.41. The van der Waals surface area contributed by atoms with Gasteiger partial charge in [-0.3, -0.25) is 0 Å². The van der Waals surface area contributed by atoms with Crippen LogP contribution in [-0.4, -0.2) is 33.7 Å². The summed E-state index contributed by atoms with van der Waals surface area (Å²) in [4.78, 5) is 19.9. The monoisotopic (exact) mass is 260 g/mol. The van der Waals surface area contributed by atoms with Crippen molar-refractivity contribution >= 4 is 11.8 Å². The van der Waals surface area contributed by atoms with Crippen LogP contribution in [0.25, 0.3) is 0 Å². The molecule has 0 amide bonds. The lowest BCUT2D eigenvalue weighted by Crippen LogP contribution is -2.14. The molecular weight excluding hydrogens is 244 g/mol. The van der Waals surface area contributed by atoms with Crippen molar-refractivity contribution in [1.29, 1.82) is 0 Å². The second-order valence-electron chi connectivity index (χ2n) is 3.85. The average Bonchev–Trinajstić information content (AvgIpc) is 2.93. The Morgan fingerprint density at radius 2 is 2.37 bits per heavy atom. The zero-order valence-corrected chi connectivity index (χ0v) is 10.7. The van der Waals surface area contributed by atoms with E-state index in [-0.39, 0.29) is 5.97 Å². The highest BCUT2D eigenvalue weighted by Crippen LogP contribution is 2.12. The van der Waals surface area contributed by atoms with E-state index in [0.29, 0.717) is 24.5 Å². The maximum absolute atomic E-state index is 11.7. The van der Waals surface area contributed by atoms with Gasteiger partial charge in [-0.15, -0.1) is 0 Å². The highest BCUT2D eigenvalue weighted by atomic mass is 16.5. The van der Waals surface area contributed by atoms with E-state index in [9.17, 15) is 4.79 Å². The fourth-order valence-electron chi connectivity index (χ4n) is 1.64. The number of imidazole rings is 1. The van der Waals surface area contributed by atoms with Crippen LogP contribution in [0.1, 0.15) is 17.3 Å². The molecule has 0 atom stereocenters. The number of nitrogens with zero attached hydrogens (tertiary/aromatic N) is 3. The molecule has 2 aromatic rings. The summed E-state index contributed by atoms with van der Waals surface area (Å²) in [5.41, 5.74) is 0.454. The van der Waals surface area contributed by atoms with E-state index in [1.54, 1.807) is 37.8 Å². The van der Waals surface area contributed by atoms with E-state index in [4.69, 9.17) is 4.74 Å². The van der Waals surface area contributed by atoms with Gasteiger partial charge in [0.05, 0.1) is 12.9 Å². The third-order valence-corrected chi connectivity index (χ3v) is 2.52. The lowest BCUT2D eigenvalue weighted by molar-refractivity contribution is 0.0527. The molecule has 6 nitrogen and oxygen atoms in total. The standard InChI is InChI=1S/C13H16N4O2/c1-2-19-13(18)11-4-3-5-15-12(11)16-7-9-17-8-6-14-10-17/h3-6,8,10H,2,7,9H2,1H3,(H,15,16). The molecule has 100 valence electrons. The molecule has 2 aromatic heterocycles. The summed E-state index contributed by atoms with van der Waals surface area (Å²) in [5.74, 6) is 0.182. The number of pyridine rings is 1. The number of ether oxygens (including phenoxy) is 1. The summed E-state index contributed by atoms with van der Waals surface area (Å²) >= 11 is 0. The molecule has 0 aromatic carbocycles. The van der Waals surface area contributed by atoms with Crippen LogP contribution in [0, 0.1) is 0 Å². The third-order valence-electron chi connectivity index (χ3n) is 2.52. The van der Waals surface area contributed by atoms with E-state index in [1.165, 1.54) is 0 Å². The van der Waals surface area contributed by atoms with Gasteiger partial charge in [0.1, 0.15) is 11.4 Å². The van der Waals surface area contributed by atoms with Crippen molar-refractivity contribution in [3.05, 3.63) is 42.6 Å². The molecule has 6 heteroatoms. The average molecular weight is 260 g/mol. The lowest BCUT2D eigenvalue weighted by Gasteiger charge is -2.10. The highest BCUT2D eigenvalue weighted by molar-refractivity contribution is 5.94. The molecule has 0 spiro atoms. The van der Waals surface area contributed by atoms with Crippen molar-refractivity contribution in [2.24, 2.45) is 0 Å². The van der Waals surface area contributed by atoms with Crippen molar-refractivity contribution < 1.29 is 9.53 Å². The Morgan fingerprint density at radius 1 is 1.47 bits per heavy atom. The van der Waals surface area contributed by atoms with Crippen LogP contribution in [0.2, 0.25) is 0 Å². The molecule has 0 radical (unpaired) electrons. The van der Waals surface area contributed by atoms with E-state index in [2.05, 4.69) is 15.3 Å². The Labute approximate surface area is 111 Å². The van der Waals surface area contributed by atoms with Gasteiger partial charge in [-0.25, -0.2) is 14.8 Å². The molecule has 0 bridgehead atoms. The Kier molecular flexibility index (Phi) is 4.49. The quantitative estimate of drug-likeness (QED) is 0.798. The first-order valence-electron chi connectivity index (χ1n) is 6.13. The van der Waals surface area contributed by atoms with Crippen LogP contribution in [0.4, 0.5) is 5.82 Å². The Hall–Kier alpha value is -2.37. The van der Waals surface area contributed by atoms with Crippen molar-refractivity contribution in [3.63, 3.8) is 0 Å². The number of anilines is 1. The number of rotatable bonds is 6. The van der Waals surface area contributed by atoms with Crippen LogP contribution in [0.3, 0.4) is 0 Å². The third kappa shape index (κ3) is 3.54. The van der Waals surface area contributed by atoms with Gasteiger partial charge in [0, 0.05) is 31.7 Å². The first-order valence-corrected chi connectivity index (χ1v) is 6.13. The van der Waals surface area contributed by atoms with Crippen molar-refractivity contribution in [1.82, 2.24) is 14.5 Å². The van der Waals surface area contributed by atoms with Gasteiger partial charge in [0.15, 0.2) is 0 Å². The number of carbonyl (C=O) groups excluding carboxylic acids is 1. The molecule has 19 heavy (non-hydrogen) atoms. The topological polar surface area (TPSA) is 69.0 Å². The maximum Gasteiger partial charge on any atom is 0.341 e. The summed E-state index contributed by atoms with van der Waals surface area (Å²) < 4.78 is 6.93. The van der Waals surface area contributed by atoms with Gasteiger partial charge in [-0.1, -0.05) is 0 Å². The predicted molar refractivity (Wildman–Crippen MR) is 70.9 cm³/mol. The van der Waals surface area contributed by atoms with Crippen LogP contribution < -0.4 is 5.32 Å². The number of hydrogen-bond donors (Lipinski definition) is 1. The molecule has 1 N–H and O–H groups in total. The second-order valence-corrected chi connectivity index (χ2v) is 3.85. The number of esters is 1. The van der Waals surface area contributed by atoms with Crippen LogP contribution in [0.15, 0.2) is 37.1 Å². The minimum Gasteiger partial charge on any atom is -0.462 e. The SMILES string of the molecule is CCOC(=O)c1cccnc1NCCn1ccnc1. The van der Waals surface area contributed by atoms with E-state index in [1.807, 2.05) is 10.8 Å². The summed E-state index contributed by atoms with van der Waals surface area (Å²) in [6.45, 7) is 3.53. The number of nitrogens with one attached hydrogen (secondary N) is 1. The molecule has 0 aliphatic carbocycles. The van der Waals surface area contributed by atoms with Gasteiger partial charge in [-0.2, -0.15) is 0 Å². The molecule has 0 fully saturated rings. The van der Waals surface area contributed by atoms with Gasteiger partial charge in [0.2, 0.25) is 0 Å². The van der Waals surface area contributed by atoms with Gasteiger partial charge in [0.25, 0.3) is 0 Å². The van der Waals surface area contributed by atoms with Crippen molar-refractivity contribution in [2.75, 3.05) is 18.5 Å². The second kappa shape index (κ2) is 6.53. The van der Waals surface area contributed by atoms with Gasteiger partial charge < -0.3 is 14.6 Å². The summed E-state index contributed by atoms with van der Waals surface area (Å²) in [6.07, 6.45) is 6.99. The van der Waals surface area contributed by atoms with Crippen LogP contribution in [-0.2, 0) is 11.3 Å². The Balaban J connectivity index is 1.97. The summed E-state index contributed by atoms with van der Waals surface area (Å²) in [5, 5.41) is 3.13. The minimum atomic E-state index is -0.360. The fraction of sp³-hybridized carbons (Fsp3) is 0.308. The molecular formula is C13H16N4O2. The molecule has 0 saturated heterocycles. The maximum atomic E-state index is 11.7. The largest absolute Gasteiger partial charge is 0.462 e. The first kappa shape index (κ1) is 13.1. The first-order chi connectivity index (χ1) is 9.31. The van der Waals surface area contributed by atoms with E-state index < -0.39 is 0 Å². The Bertz CT molecular complexity index is 525. The van der Waals surface area contributed by atoms with Gasteiger partial charge in [-0.05, 0) is 19.1 Å². The van der Waals surface area contributed by atoms with Gasteiger partial charge >= 0.3 is 5.97 Å². The number of aromatic nitrogens is 3. The van der Waals surface area contributed by atoms with Crippen molar-refractivity contribution in [2.45, 2.75) is 13.5 Å². The van der Waals surface area contributed by atoms with Crippen molar-refractivity contribution in [3.8, 4) is 0 Å². The molecule has 0 unspecified atom stereocenters. The number of hydrogen-bond acceptors (Lipinski definition) is 5. The Morgan fingerprint density at radius 3 is 3.11 bits per heavy atom. The zero-order valence-electron chi connectivity index (χ0n) is 10.7. The molecule has 2 rings (SSSR count). The molecule has 2 heterocycles. The minimum absolute atomic E-state index is 0.349. The summed E-state index contributed by atoms with van der Waals surface area (Å²) in [7, 11) is 0.